The first-order valence-corrected chi connectivity index (χ1v) is 9.40. The number of hydrogen-bond donors (Lipinski definition) is 0. The maximum Gasteiger partial charge on any atom is 0.252 e. The minimum Gasteiger partial charge on any atom is -0.319 e. The highest BCUT2D eigenvalue weighted by Crippen LogP contribution is 2.21. The molecule has 0 saturated carbocycles. The van der Waals surface area contributed by atoms with Gasteiger partial charge in [-0.2, -0.15) is 4.99 Å². The number of aromatic nitrogens is 1. The Hall–Kier alpha value is -2.20. The molecule has 2 aromatic carbocycles. The Labute approximate surface area is 152 Å². The number of thiazole rings is 1. The van der Waals surface area contributed by atoms with Gasteiger partial charge in [0.2, 0.25) is 0 Å². The summed E-state index contributed by atoms with van der Waals surface area (Å²) >= 11 is 1.57. The van der Waals surface area contributed by atoms with Gasteiger partial charge >= 0.3 is 0 Å². The van der Waals surface area contributed by atoms with Crippen molar-refractivity contribution in [3.8, 4) is 0 Å². The van der Waals surface area contributed by atoms with Gasteiger partial charge in [0.25, 0.3) is 5.91 Å². The lowest BCUT2D eigenvalue weighted by molar-refractivity contribution is -0.117. The average molecular weight is 353 g/mol. The standard InChI is InChI=1S/C21H24N2OS/c1-13(2)17-8-6-16(7-9-17)12-20(24)22-21-23(5)18-10-14(3)15(4)11-19(18)25-21/h6-11,13H,12H2,1-5H3. The molecular weight excluding hydrogens is 328 g/mol. The van der Waals surface area contributed by atoms with Crippen LogP contribution in [0, 0.1) is 13.8 Å². The van der Waals surface area contributed by atoms with Crippen LogP contribution in [-0.2, 0) is 18.3 Å². The van der Waals surface area contributed by atoms with Gasteiger partial charge in [0.1, 0.15) is 0 Å². The van der Waals surface area contributed by atoms with Crippen molar-refractivity contribution in [2.75, 3.05) is 0 Å². The van der Waals surface area contributed by atoms with E-state index in [1.165, 1.54) is 21.4 Å². The maximum atomic E-state index is 12.4. The van der Waals surface area contributed by atoms with Gasteiger partial charge in [-0.1, -0.05) is 49.4 Å². The van der Waals surface area contributed by atoms with Crippen LogP contribution in [0.25, 0.3) is 10.2 Å². The molecule has 0 unspecified atom stereocenters. The van der Waals surface area contributed by atoms with Crippen molar-refractivity contribution in [2.24, 2.45) is 12.0 Å². The van der Waals surface area contributed by atoms with Gasteiger partial charge in [0, 0.05) is 7.05 Å². The van der Waals surface area contributed by atoms with Crippen LogP contribution in [0.5, 0.6) is 0 Å². The largest absolute Gasteiger partial charge is 0.319 e. The summed E-state index contributed by atoms with van der Waals surface area (Å²) in [5, 5.41) is 0. The highest BCUT2D eigenvalue weighted by molar-refractivity contribution is 7.16. The third kappa shape index (κ3) is 3.74. The van der Waals surface area contributed by atoms with Crippen LogP contribution in [0.15, 0.2) is 41.4 Å². The number of rotatable bonds is 3. The SMILES string of the molecule is Cc1cc2sc(=NC(=O)Cc3ccc(C(C)C)cc3)n(C)c2cc1C. The Bertz CT molecular complexity index is 991. The number of benzene rings is 2. The van der Waals surface area contributed by atoms with Crippen molar-refractivity contribution < 1.29 is 4.79 Å². The normalized spacial score (nSPS) is 12.3. The molecule has 3 nitrogen and oxygen atoms in total. The van der Waals surface area contributed by atoms with Crippen LogP contribution >= 0.6 is 11.3 Å². The van der Waals surface area contributed by atoms with E-state index in [0.717, 1.165) is 15.9 Å². The summed E-state index contributed by atoms with van der Waals surface area (Å²) in [6.07, 6.45) is 0.338. The number of carbonyl (C=O) groups is 1. The second-order valence-corrected chi connectivity index (χ2v) is 7.94. The second kappa shape index (κ2) is 6.96. The molecule has 0 atom stereocenters. The molecular formula is C21H24N2OS. The van der Waals surface area contributed by atoms with Crippen LogP contribution in [0.2, 0.25) is 0 Å². The quantitative estimate of drug-likeness (QED) is 0.675. The van der Waals surface area contributed by atoms with E-state index < -0.39 is 0 Å². The summed E-state index contributed by atoms with van der Waals surface area (Å²) in [4.78, 5) is 17.5. The second-order valence-electron chi connectivity index (χ2n) is 6.93. The lowest BCUT2D eigenvalue weighted by Crippen LogP contribution is -2.14. The van der Waals surface area contributed by atoms with Gasteiger partial charge in [-0.15, -0.1) is 0 Å². The molecule has 130 valence electrons. The molecule has 25 heavy (non-hydrogen) atoms. The number of hydrogen-bond acceptors (Lipinski definition) is 2. The van der Waals surface area contributed by atoms with Crippen molar-refractivity contribution >= 4 is 27.5 Å². The molecule has 0 aliphatic carbocycles. The molecule has 3 rings (SSSR count). The van der Waals surface area contributed by atoms with E-state index >= 15 is 0 Å². The summed E-state index contributed by atoms with van der Waals surface area (Å²) < 4.78 is 3.17. The zero-order chi connectivity index (χ0) is 18.1. The predicted octanol–water partition coefficient (Wildman–Crippen LogP) is 4.65. The topological polar surface area (TPSA) is 34.4 Å². The third-order valence-corrected chi connectivity index (χ3v) is 5.74. The highest BCUT2D eigenvalue weighted by atomic mass is 32.1. The Balaban J connectivity index is 1.88. The molecule has 0 aliphatic heterocycles. The fourth-order valence-corrected chi connectivity index (χ4v) is 3.94. The first kappa shape index (κ1) is 17.6. The number of nitrogens with zero attached hydrogens (tertiary/aromatic N) is 2. The van der Waals surface area contributed by atoms with E-state index in [4.69, 9.17) is 0 Å². The van der Waals surface area contributed by atoms with E-state index in [0.29, 0.717) is 12.3 Å². The molecule has 4 heteroatoms. The lowest BCUT2D eigenvalue weighted by atomic mass is 10.0. The van der Waals surface area contributed by atoms with Crippen molar-refractivity contribution in [1.82, 2.24) is 4.57 Å². The molecule has 3 aromatic rings. The summed E-state index contributed by atoms with van der Waals surface area (Å²) in [5.41, 5.74) is 5.94. The molecule has 1 heterocycles. The van der Waals surface area contributed by atoms with E-state index in [9.17, 15) is 4.79 Å². The summed E-state index contributed by atoms with van der Waals surface area (Å²) in [6, 6.07) is 12.6. The summed E-state index contributed by atoms with van der Waals surface area (Å²) in [6.45, 7) is 8.55. The molecule has 0 spiro atoms. The Morgan fingerprint density at radius 1 is 1.12 bits per heavy atom. The molecule has 0 bridgehead atoms. The fourth-order valence-electron chi connectivity index (χ4n) is 2.83. The van der Waals surface area contributed by atoms with Crippen molar-refractivity contribution in [1.29, 1.82) is 0 Å². The van der Waals surface area contributed by atoms with Gasteiger partial charge in [-0.05, 0) is 54.2 Å². The number of fused-ring (bicyclic) bond motifs is 1. The Morgan fingerprint density at radius 3 is 2.40 bits per heavy atom. The predicted molar refractivity (Wildman–Crippen MR) is 105 cm³/mol. The molecule has 0 fully saturated rings. The minimum atomic E-state index is -0.104. The first-order chi connectivity index (χ1) is 11.8. The van der Waals surface area contributed by atoms with E-state index in [-0.39, 0.29) is 5.91 Å². The maximum absolute atomic E-state index is 12.4. The zero-order valence-corrected chi connectivity index (χ0v) is 16.3. The zero-order valence-electron chi connectivity index (χ0n) is 15.5. The lowest BCUT2D eigenvalue weighted by Gasteiger charge is -2.05. The minimum absolute atomic E-state index is 0.104. The highest BCUT2D eigenvalue weighted by Gasteiger charge is 2.08. The number of amides is 1. The number of carbonyl (C=O) groups excluding carboxylic acids is 1. The third-order valence-electron chi connectivity index (χ3n) is 4.65. The molecule has 0 saturated heterocycles. The van der Waals surface area contributed by atoms with Crippen LogP contribution in [0.4, 0.5) is 0 Å². The van der Waals surface area contributed by atoms with Crippen molar-refractivity contribution in [2.45, 2.75) is 40.0 Å². The molecule has 1 amide bonds. The van der Waals surface area contributed by atoms with Gasteiger partial charge < -0.3 is 4.57 Å². The summed E-state index contributed by atoms with van der Waals surface area (Å²) in [5.74, 6) is 0.395. The van der Waals surface area contributed by atoms with Crippen molar-refractivity contribution in [3.05, 3.63) is 63.5 Å². The monoisotopic (exact) mass is 352 g/mol. The van der Waals surface area contributed by atoms with Gasteiger partial charge in [0.15, 0.2) is 4.80 Å². The van der Waals surface area contributed by atoms with Gasteiger partial charge in [0.05, 0.1) is 16.6 Å². The van der Waals surface area contributed by atoms with Gasteiger partial charge in [-0.3, -0.25) is 4.79 Å². The van der Waals surface area contributed by atoms with E-state index in [2.05, 4.69) is 57.0 Å². The first-order valence-electron chi connectivity index (χ1n) is 8.58. The Kier molecular flexibility index (Phi) is 4.91. The van der Waals surface area contributed by atoms with Crippen LogP contribution in [0.3, 0.4) is 0 Å². The van der Waals surface area contributed by atoms with Crippen molar-refractivity contribution in [3.63, 3.8) is 0 Å². The molecule has 0 N–H and O–H groups in total. The molecule has 0 radical (unpaired) electrons. The number of aryl methyl sites for hydroxylation is 3. The fraction of sp³-hybridized carbons (Fsp3) is 0.333. The van der Waals surface area contributed by atoms with E-state index in [1.807, 2.05) is 23.7 Å². The molecule has 0 aliphatic rings. The summed E-state index contributed by atoms with van der Waals surface area (Å²) in [7, 11) is 1.97. The van der Waals surface area contributed by atoms with Crippen LogP contribution in [-0.4, -0.2) is 10.5 Å². The van der Waals surface area contributed by atoms with Crippen LogP contribution in [0.1, 0.15) is 42.0 Å². The average Bonchev–Trinajstić information content (AvgIpc) is 2.84. The smallest absolute Gasteiger partial charge is 0.252 e. The van der Waals surface area contributed by atoms with Crippen LogP contribution < -0.4 is 4.80 Å². The Morgan fingerprint density at radius 2 is 1.76 bits per heavy atom. The van der Waals surface area contributed by atoms with Gasteiger partial charge in [-0.25, -0.2) is 0 Å². The van der Waals surface area contributed by atoms with E-state index in [1.54, 1.807) is 11.3 Å². The molecule has 1 aromatic heterocycles.